The van der Waals surface area contributed by atoms with Crippen molar-refractivity contribution in [3.63, 3.8) is 0 Å². The van der Waals surface area contributed by atoms with Crippen LogP contribution in [0, 0.1) is 15.5 Å². The van der Waals surface area contributed by atoms with E-state index in [1.165, 1.54) is 12.1 Å². The first kappa shape index (κ1) is 12.6. The highest BCUT2D eigenvalue weighted by Crippen LogP contribution is 2.25. The predicted octanol–water partition coefficient (Wildman–Crippen LogP) is 2.93. The second kappa shape index (κ2) is 4.61. The average Bonchev–Trinajstić information content (AvgIpc) is 2.17. The molecule has 0 bridgehead atoms. The van der Waals surface area contributed by atoms with E-state index in [-0.39, 0.29) is 5.69 Å². The molecule has 1 aromatic carbocycles. The van der Waals surface area contributed by atoms with Crippen molar-refractivity contribution in [2.24, 2.45) is 5.41 Å². The number of nitro groups is 1. The first-order valence-corrected chi connectivity index (χ1v) is 5.14. The summed E-state index contributed by atoms with van der Waals surface area (Å²) in [6, 6.07) is 6.12. The molecular formula is C11H12ClNO3. The van der Waals surface area contributed by atoms with Gasteiger partial charge in [-0.3, -0.25) is 14.9 Å². The van der Waals surface area contributed by atoms with Crippen molar-refractivity contribution in [2.45, 2.75) is 20.3 Å². The lowest BCUT2D eigenvalue weighted by molar-refractivity contribution is -0.384. The van der Waals surface area contributed by atoms with E-state index < -0.39 is 15.6 Å². The lowest BCUT2D eigenvalue weighted by Gasteiger charge is -2.19. The zero-order valence-electron chi connectivity index (χ0n) is 9.07. The molecule has 0 heterocycles. The molecule has 0 aromatic heterocycles. The number of hydrogen-bond donors (Lipinski definition) is 0. The Kier molecular flexibility index (Phi) is 3.65. The molecule has 0 saturated heterocycles. The first-order chi connectivity index (χ1) is 7.33. The van der Waals surface area contributed by atoms with Gasteiger partial charge < -0.3 is 0 Å². The molecule has 0 fully saturated rings. The van der Waals surface area contributed by atoms with Crippen LogP contribution in [0.25, 0.3) is 0 Å². The fourth-order valence-electron chi connectivity index (χ4n) is 1.32. The molecule has 0 amide bonds. The molecule has 0 atom stereocenters. The molecule has 1 rings (SSSR count). The molecule has 0 spiro atoms. The van der Waals surface area contributed by atoms with Crippen molar-refractivity contribution in [1.82, 2.24) is 0 Å². The molecule has 0 aliphatic rings. The van der Waals surface area contributed by atoms with Gasteiger partial charge in [-0.05, 0) is 23.6 Å². The number of halogens is 1. The average molecular weight is 242 g/mol. The molecule has 0 N–H and O–H groups in total. The van der Waals surface area contributed by atoms with E-state index in [4.69, 9.17) is 11.6 Å². The lowest BCUT2D eigenvalue weighted by atomic mass is 9.87. The molecule has 0 radical (unpaired) electrons. The molecule has 16 heavy (non-hydrogen) atoms. The van der Waals surface area contributed by atoms with E-state index in [0.29, 0.717) is 6.42 Å². The number of carbonyl (C=O) groups is 1. The van der Waals surface area contributed by atoms with Crippen LogP contribution in [-0.4, -0.2) is 10.2 Å². The number of rotatable bonds is 4. The van der Waals surface area contributed by atoms with Gasteiger partial charge in [0.05, 0.1) is 4.92 Å². The number of nitro benzene ring substituents is 1. The summed E-state index contributed by atoms with van der Waals surface area (Å²) in [6.07, 6.45) is 0.466. The maximum absolute atomic E-state index is 11.1. The van der Waals surface area contributed by atoms with E-state index in [1.807, 2.05) is 0 Å². The van der Waals surface area contributed by atoms with Crippen LogP contribution in [0.1, 0.15) is 19.4 Å². The summed E-state index contributed by atoms with van der Waals surface area (Å²) < 4.78 is 0. The minimum Gasteiger partial charge on any atom is -0.281 e. The molecule has 0 aliphatic heterocycles. The smallest absolute Gasteiger partial charge is 0.269 e. The third-order valence-electron chi connectivity index (χ3n) is 2.33. The van der Waals surface area contributed by atoms with Crippen LogP contribution in [0.5, 0.6) is 0 Å². The highest BCUT2D eigenvalue weighted by molar-refractivity contribution is 6.64. The Bertz CT molecular complexity index is 412. The van der Waals surface area contributed by atoms with E-state index >= 15 is 0 Å². The molecular weight excluding hydrogens is 230 g/mol. The van der Waals surface area contributed by atoms with Gasteiger partial charge in [0, 0.05) is 17.5 Å². The van der Waals surface area contributed by atoms with E-state index in [9.17, 15) is 14.9 Å². The number of nitrogens with zero attached hydrogens (tertiary/aromatic N) is 1. The largest absolute Gasteiger partial charge is 0.281 e. The summed E-state index contributed by atoms with van der Waals surface area (Å²) >= 11 is 5.45. The maximum Gasteiger partial charge on any atom is 0.269 e. The minimum atomic E-state index is -0.655. The van der Waals surface area contributed by atoms with Crippen LogP contribution < -0.4 is 0 Å². The van der Waals surface area contributed by atoms with E-state index in [2.05, 4.69) is 0 Å². The minimum absolute atomic E-state index is 0.0405. The Balaban J connectivity index is 2.84. The summed E-state index contributed by atoms with van der Waals surface area (Å²) in [4.78, 5) is 21.1. The van der Waals surface area contributed by atoms with Crippen LogP contribution in [0.3, 0.4) is 0 Å². The second-order valence-corrected chi connectivity index (χ2v) is 4.60. The van der Waals surface area contributed by atoms with Crippen LogP contribution >= 0.6 is 11.6 Å². The molecule has 86 valence electrons. The third-order valence-corrected chi connectivity index (χ3v) is 2.84. The van der Waals surface area contributed by atoms with Crippen molar-refractivity contribution in [1.29, 1.82) is 0 Å². The zero-order valence-corrected chi connectivity index (χ0v) is 9.82. The second-order valence-electron chi connectivity index (χ2n) is 4.26. The van der Waals surface area contributed by atoms with E-state index in [0.717, 1.165) is 5.56 Å². The Hall–Kier alpha value is -1.42. The van der Waals surface area contributed by atoms with Gasteiger partial charge in [0.25, 0.3) is 5.69 Å². The SMILES string of the molecule is CC(C)(Cc1ccc([N+](=O)[O-])cc1)C(=O)Cl. The number of hydrogen-bond acceptors (Lipinski definition) is 3. The summed E-state index contributed by atoms with van der Waals surface area (Å²) in [6.45, 7) is 3.48. The normalized spacial score (nSPS) is 11.2. The quantitative estimate of drug-likeness (QED) is 0.463. The lowest BCUT2D eigenvalue weighted by Crippen LogP contribution is -2.22. The Morgan fingerprint density at radius 2 is 1.88 bits per heavy atom. The maximum atomic E-state index is 11.1. The molecule has 5 heteroatoms. The Morgan fingerprint density at radius 3 is 2.25 bits per heavy atom. The van der Waals surface area contributed by atoms with E-state index in [1.54, 1.807) is 26.0 Å². The van der Waals surface area contributed by atoms with Gasteiger partial charge in [0.15, 0.2) is 0 Å². The van der Waals surface area contributed by atoms with Crippen molar-refractivity contribution >= 4 is 22.5 Å². The predicted molar refractivity (Wildman–Crippen MR) is 61.4 cm³/mol. The Labute approximate surface area is 98.4 Å². The highest BCUT2D eigenvalue weighted by Gasteiger charge is 2.26. The molecule has 4 nitrogen and oxygen atoms in total. The van der Waals surface area contributed by atoms with Gasteiger partial charge in [-0.25, -0.2) is 0 Å². The summed E-state index contributed by atoms with van der Waals surface area (Å²) in [5.74, 6) is 0. The number of carbonyl (C=O) groups excluding carboxylic acids is 1. The monoisotopic (exact) mass is 241 g/mol. The Morgan fingerprint density at radius 1 is 1.38 bits per heavy atom. The fraction of sp³-hybridized carbons (Fsp3) is 0.364. The third kappa shape index (κ3) is 3.03. The van der Waals surface area contributed by atoms with Crippen LogP contribution in [0.15, 0.2) is 24.3 Å². The summed E-state index contributed by atoms with van der Waals surface area (Å²) in [5, 5.41) is 10.0. The van der Waals surface area contributed by atoms with Gasteiger partial charge in [0.2, 0.25) is 5.24 Å². The topological polar surface area (TPSA) is 60.2 Å². The van der Waals surface area contributed by atoms with Crippen LogP contribution in [0.2, 0.25) is 0 Å². The molecule has 0 saturated carbocycles. The van der Waals surface area contributed by atoms with Crippen molar-refractivity contribution in [3.8, 4) is 0 Å². The standard InChI is InChI=1S/C11H12ClNO3/c1-11(2,10(12)14)7-8-3-5-9(6-4-8)13(15)16/h3-6H,7H2,1-2H3. The van der Waals surface area contributed by atoms with Crippen LogP contribution in [0.4, 0.5) is 5.69 Å². The number of benzene rings is 1. The highest BCUT2D eigenvalue weighted by atomic mass is 35.5. The van der Waals surface area contributed by atoms with Crippen molar-refractivity contribution in [3.05, 3.63) is 39.9 Å². The molecule has 1 aromatic rings. The number of non-ortho nitro benzene ring substituents is 1. The summed E-state index contributed by atoms with van der Waals surface area (Å²) in [5.41, 5.74) is 0.237. The molecule has 0 aliphatic carbocycles. The van der Waals surface area contributed by atoms with Crippen LogP contribution in [-0.2, 0) is 11.2 Å². The van der Waals surface area contributed by atoms with Gasteiger partial charge >= 0.3 is 0 Å². The fourth-order valence-corrected chi connectivity index (χ4v) is 1.38. The van der Waals surface area contributed by atoms with Crippen molar-refractivity contribution in [2.75, 3.05) is 0 Å². The first-order valence-electron chi connectivity index (χ1n) is 4.76. The van der Waals surface area contributed by atoms with Crippen molar-refractivity contribution < 1.29 is 9.72 Å². The zero-order chi connectivity index (χ0) is 12.3. The van der Waals surface area contributed by atoms with Gasteiger partial charge in [-0.15, -0.1) is 0 Å². The van der Waals surface area contributed by atoms with Gasteiger partial charge in [-0.1, -0.05) is 26.0 Å². The summed E-state index contributed by atoms with van der Waals surface area (Å²) in [7, 11) is 0. The molecule has 0 unspecified atom stereocenters. The van der Waals surface area contributed by atoms with Gasteiger partial charge in [0.1, 0.15) is 0 Å². The van der Waals surface area contributed by atoms with Gasteiger partial charge in [-0.2, -0.15) is 0 Å².